The molecule has 5 heteroatoms. The molecule has 0 amide bonds. The first-order valence-electron chi connectivity index (χ1n) is 6.89. The summed E-state index contributed by atoms with van der Waals surface area (Å²) in [6.07, 6.45) is 1.47. The predicted molar refractivity (Wildman–Crippen MR) is 73.0 cm³/mol. The second-order valence-corrected chi connectivity index (χ2v) is 5.47. The van der Waals surface area contributed by atoms with Gasteiger partial charge in [-0.2, -0.15) is 0 Å². The molecule has 110 valence electrons. The third-order valence-corrected chi connectivity index (χ3v) is 4.00. The molecule has 0 aromatic heterocycles. The fourth-order valence-electron chi connectivity index (χ4n) is 2.66. The van der Waals surface area contributed by atoms with Crippen LogP contribution in [-0.4, -0.2) is 40.3 Å². The van der Waals surface area contributed by atoms with Crippen molar-refractivity contribution in [3.05, 3.63) is 35.1 Å². The van der Waals surface area contributed by atoms with Crippen LogP contribution in [0.25, 0.3) is 0 Å². The number of carbonyl (C=O) groups is 1. The van der Waals surface area contributed by atoms with E-state index < -0.39 is 5.97 Å². The van der Waals surface area contributed by atoms with E-state index in [1.54, 1.807) is 6.92 Å². The standard InChI is InChI=1S/C15H20FNO3/c1-10(18)11-4-6-17(7-5-11)9-13-8-12(15(19)20)2-3-14(13)16/h2-3,8,10-11,18H,4-7,9H2,1H3,(H,19,20). The van der Waals surface area contributed by atoms with Crippen molar-refractivity contribution in [3.8, 4) is 0 Å². The minimum Gasteiger partial charge on any atom is -0.478 e. The number of hydrogen-bond donors (Lipinski definition) is 2. The Labute approximate surface area is 117 Å². The van der Waals surface area contributed by atoms with E-state index in [1.165, 1.54) is 18.2 Å². The number of carboxylic acids is 1. The number of hydrogen-bond acceptors (Lipinski definition) is 3. The third kappa shape index (κ3) is 3.55. The Morgan fingerprint density at radius 1 is 1.45 bits per heavy atom. The van der Waals surface area contributed by atoms with Crippen LogP contribution in [-0.2, 0) is 6.54 Å². The third-order valence-electron chi connectivity index (χ3n) is 4.00. The second-order valence-electron chi connectivity index (χ2n) is 5.47. The number of aromatic carboxylic acids is 1. The SMILES string of the molecule is CC(O)C1CCN(Cc2cc(C(=O)O)ccc2F)CC1. The molecule has 0 bridgehead atoms. The average Bonchev–Trinajstić information content (AvgIpc) is 2.41. The van der Waals surface area contributed by atoms with Crippen LogP contribution in [0, 0.1) is 11.7 Å². The van der Waals surface area contributed by atoms with E-state index >= 15 is 0 Å². The maximum Gasteiger partial charge on any atom is 0.335 e. The zero-order valence-corrected chi connectivity index (χ0v) is 11.6. The highest BCUT2D eigenvalue weighted by atomic mass is 19.1. The van der Waals surface area contributed by atoms with Crippen LogP contribution in [0.2, 0.25) is 0 Å². The summed E-state index contributed by atoms with van der Waals surface area (Å²) < 4.78 is 13.7. The molecule has 2 N–H and O–H groups in total. The van der Waals surface area contributed by atoms with Crippen LogP contribution in [0.4, 0.5) is 4.39 Å². The lowest BCUT2D eigenvalue weighted by Crippen LogP contribution is -2.36. The van der Waals surface area contributed by atoms with Crippen LogP contribution in [0.5, 0.6) is 0 Å². The van der Waals surface area contributed by atoms with Crippen molar-refractivity contribution in [3.63, 3.8) is 0 Å². The molecule has 20 heavy (non-hydrogen) atoms. The first-order valence-corrected chi connectivity index (χ1v) is 6.89. The van der Waals surface area contributed by atoms with E-state index in [1.807, 2.05) is 0 Å². The van der Waals surface area contributed by atoms with Gasteiger partial charge in [0, 0.05) is 12.1 Å². The van der Waals surface area contributed by atoms with Gasteiger partial charge in [0.2, 0.25) is 0 Å². The van der Waals surface area contributed by atoms with Crippen molar-refractivity contribution in [2.75, 3.05) is 13.1 Å². The largest absolute Gasteiger partial charge is 0.478 e. The van der Waals surface area contributed by atoms with Gasteiger partial charge in [-0.1, -0.05) is 0 Å². The Morgan fingerprint density at radius 3 is 2.65 bits per heavy atom. The summed E-state index contributed by atoms with van der Waals surface area (Å²) in [4.78, 5) is 13.0. The number of likely N-dealkylation sites (tertiary alicyclic amines) is 1. The lowest BCUT2D eigenvalue weighted by molar-refractivity contribution is 0.0681. The van der Waals surface area contributed by atoms with Crippen LogP contribution >= 0.6 is 0 Å². The lowest BCUT2D eigenvalue weighted by atomic mass is 9.92. The quantitative estimate of drug-likeness (QED) is 0.887. The number of rotatable bonds is 4. The van der Waals surface area contributed by atoms with Crippen molar-refractivity contribution in [2.24, 2.45) is 5.92 Å². The van der Waals surface area contributed by atoms with Gasteiger partial charge in [-0.3, -0.25) is 4.90 Å². The average molecular weight is 281 g/mol. The van der Waals surface area contributed by atoms with E-state index in [0.717, 1.165) is 25.9 Å². The van der Waals surface area contributed by atoms with Gasteiger partial charge in [-0.05, 0) is 57.0 Å². The number of nitrogens with zero attached hydrogens (tertiary/aromatic N) is 1. The Balaban J connectivity index is 2.00. The molecule has 1 aliphatic rings. The van der Waals surface area contributed by atoms with Crippen LogP contribution in [0.15, 0.2) is 18.2 Å². The number of benzene rings is 1. The van der Waals surface area contributed by atoms with E-state index in [-0.39, 0.29) is 17.5 Å². The molecular formula is C15H20FNO3. The van der Waals surface area contributed by atoms with Crippen molar-refractivity contribution < 1.29 is 19.4 Å². The molecule has 1 aliphatic heterocycles. The molecule has 1 unspecified atom stereocenters. The topological polar surface area (TPSA) is 60.8 Å². The molecule has 1 saturated heterocycles. The molecule has 4 nitrogen and oxygen atoms in total. The minimum absolute atomic E-state index is 0.111. The smallest absolute Gasteiger partial charge is 0.335 e. The molecule has 1 aromatic rings. The summed E-state index contributed by atoms with van der Waals surface area (Å²) in [6.45, 7) is 3.81. The summed E-state index contributed by atoms with van der Waals surface area (Å²) in [5, 5.41) is 18.5. The molecule has 0 saturated carbocycles. The van der Waals surface area contributed by atoms with E-state index in [2.05, 4.69) is 4.90 Å². The Bertz CT molecular complexity index is 482. The summed E-state index contributed by atoms with van der Waals surface area (Å²) in [7, 11) is 0. The predicted octanol–water partition coefficient (Wildman–Crippen LogP) is 2.12. The van der Waals surface area contributed by atoms with E-state index in [4.69, 9.17) is 5.11 Å². The first kappa shape index (κ1) is 14.9. The fourth-order valence-corrected chi connectivity index (χ4v) is 2.66. The summed E-state index contributed by atoms with van der Waals surface area (Å²) >= 11 is 0. The van der Waals surface area contributed by atoms with Crippen molar-refractivity contribution in [1.82, 2.24) is 4.90 Å². The Morgan fingerprint density at radius 2 is 2.10 bits per heavy atom. The maximum absolute atomic E-state index is 13.7. The molecule has 1 fully saturated rings. The number of carboxylic acid groups (broad SMARTS) is 1. The molecule has 0 radical (unpaired) electrons. The monoisotopic (exact) mass is 281 g/mol. The molecular weight excluding hydrogens is 261 g/mol. The number of aliphatic hydroxyl groups is 1. The Hall–Kier alpha value is -1.46. The second kappa shape index (κ2) is 6.33. The highest BCUT2D eigenvalue weighted by Crippen LogP contribution is 2.22. The van der Waals surface area contributed by atoms with Crippen molar-refractivity contribution in [1.29, 1.82) is 0 Å². The van der Waals surface area contributed by atoms with Crippen LogP contribution in [0.3, 0.4) is 0 Å². The van der Waals surface area contributed by atoms with E-state index in [9.17, 15) is 14.3 Å². The van der Waals surface area contributed by atoms with Gasteiger partial charge >= 0.3 is 5.97 Å². The molecule has 2 rings (SSSR count). The maximum atomic E-state index is 13.7. The van der Waals surface area contributed by atoms with Crippen LogP contribution < -0.4 is 0 Å². The van der Waals surface area contributed by atoms with Gasteiger partial charge in [0.1, 0.15) is 5.82 Å². The molecule has 0 aliphatic carbocycles. The summed E-state index contributed by atoms with van der Waals surface area (Å²) in [6, 6.07) is 3.89. The summed E-state index contributed by atoms with van der Waals surface area (Å²) in [5.74, 6) is -1.10. The first-order chi connectivity index (χ1) is 9.47. The van der Waals surface area contributed by atoms with Gasteiger partial charge in [-0.25, -0.2) is 9.18 Å². The lowest BCUT2D eigenvalue weighted by Gasteiger charge is -2.33. The van der Waals surface area contributed by atoms with E-state index in [0.29, 0.717) is 18.0 Å². The highest BCUT2D eigenvalue weighted by Gasteiger charge is 2.23. The molecule has 1 heterocycles. The molecule has 1 aromatic carbocycles. The Kier molecular flexibility index (Phi) is 4.73. The zero-order valence-electron chi connectivity index (χ0n) is 11.6. The van der Waals surface area contributed by atoms with Gasteiger partial charge < -0.3 is 10.2 Å². The van der Waals surface area contributed by atoms with Crippen molar-refractivity contribution >= 4 is 5.97 Å². The molecule has 0 spiro atoms. The summed E-state index contributed by atoms with van der Waals surface area (Å²) in [5.41, 5.74) is 0.528. The van der Waals surface area contributed by atoms with Gasteiger partial charge in [0.15, 0.2) is 0 Å². The zero-order chi connectivity index (χ0) is 14.7. The minimum atomic E-state index is -1.04. The molecule has 1 atom stereocenters. The number of halogens is 1. The van der Waals surface area contributed by atoms with Gasteiger partial charge in [-0.15, -0.1) is 0 Å². The van der Waals surface area contributed by atoms with Gasteiger partial charge in [0.25, 0.3) is 0 Å². The van der Waals surface area contributed by atoms with Crippen LogP contribution in [0.1, 0.15) is 35.7 Å². The fraction of sp³-hybridized carbons (Fsp3) is 0.533. The number of aliphatic hydroxyl groups excluding tert-OH is 1. The van der Waals surface area contributed by atoms with Crippen molar-refractivity contribution in [2.45, 2.75) is 32.4 Å². The highest BCUT2D eigenvalue weighted by molar-refractivity contribution is 5.87. The van der Waals surface area contributed by atoms with Gasteiger partial charge in [0.05, 0.1) is 11.7 Å². The number of piperidine rings is 1. The normalized spacial score (nSPS) is 18.9.